The number of ether oxygens (including phenoxy) is 1. The van der Waals surface area contributed by atoms with Crippen LogP contribution < -0.4 is 26.0 Å². The van der Waals surface area contributed by atoms with E-state index in [1.54, 1.807) is 30.4 Å². The maximum absolute atomic E-state index is 14.0. The van der Waals surface area contributed by atoms with E-state index < -0.39 is 0 Å². The molecule has 0 radical (unpaired) electrons. The van der Waals surface area contributed by atoms with Crippen molar-refractivity contribution < 1.29 is 19.4 Å². The van der Waals surface area contributed by atoms with E-state index in [2.05, 4.69) is 49.6 Å². The van der Waals surface area contributed by atoms with Gasteiger partial charge in [0.05, 0.1) is 23.7 Å². The second-order valence-electron chi connectivity index (χ2n) is 16.1. The zero-order chi connectivity index (χ0) is 38.7. The summed E-state index contributed by atoms with van der Waals surface area (Å²) in [4.78, 5) is 56.1. The van der Waals surface area contributed by atoms with Crippen molar-refractivity contribution in [2.24, 2.45) is 12.5 Å². The average Bonchev–Trinajstić information content (AvgIpc) is 3.75. The van der Waals surface area contributed by atoms with E-state index in [9.17, 15) is 19.5 Å². The molecule has 292 valence electrons. The summed E-state index contributed by atoms with van der Waals surface area (Å²) in [6, 6.07) is 10.2. The topological polar surface area (TPSA) is 150 Å². The van der Waals surface area contributed by atoms with Crippen LogP contribution in [0.2, 0.25) is 0 Å². The summed E-state index contributed by atoms with van der Waals surface area (Å²) < 4.78 is 9.21. The van der Waals surface area contributed by atoms with Crippen molar-refractivity contribution >= 4 is 40.5 Å². The van der Waals surface area contributed by atoms with Crippen LogP contribution in [0.5, 0.6) is 0 Å². The van der Waals surface area contributed by atoms with Gasteiger partial charge in [0.15, 0.2) is 5.82 Å². The minimum atomic E-state index is -0.384. The van der Waals surface area contributed by atoms with E-state index >= 15 is 0 Å². The number of aryl methyl sites for hydroxylation is 1. The SMILES string of the molecule is C=CC(=O)Nc1cc(Nc2nc(-c3ccnc(N4CCn5c(cc6c5CC5(CC5)C6)C4=O)c3CO)cn(C)c2=O)ccc1N1CCN(C2CCOCC2)CC1C. The zero-order valence-corrected chi connectivity index (χ0v) is 32.1. The van der Waals surface area contributed by atoms with Crippen LogP contribution in [0.4, 0.5) is 28.7 Å². The summed E-state index contributed by atoms with van der Waals surface area (Å²) in [5.74, 6) is -0.0279. The van der Waals surface area contributed by atoms with Crippen molar-refractivity contribution in [3.05, 3.63) is 88.2 Å². The van der Waals surface area contributed by atoms with Crippen LogP contribution in [-0.4, -0.2) is 92.4 Å². The first kappa shape index (κ1) is 36.3. The van der Waals surface area contributed by atoms with Gasteiger partial charge < -0.3 is 34.5 Å². The molecule has 0 bridgehead atoms. The maximum Gasteiger partial charge on any atom is 0.293 e. The highest BCUT2D eigenvalue weighted by molar-refractivity contribution is 6.06. The molecule has 4 aromatic rings. The molecule has 3 aliphatic heterocycles. The lowest BCUT2D eigenvalue weighted by Crippen LogP contribution is -2.56. The molecule has 14 nitrogen and oxygen atoms in total. The summed E-state index contributed by atoms with van der Waals surface area (Å²) in [6.45, 7) is 10.8. The lowest BCUT2D eigenvalue weighted by Gasteiger charge is -2.45. The summed E-state index contributed by atoms with van der Waals surface area (Å²) in [7, 11) is 1.65. The van der Waals surface area contributed by atoms with Crippen molar-refractivity contribution in [2.75, 3.05) is 59.8 Å². The van der Waals surface area contributed by atoms with Gasteiger partial charge in [0, 0.05) is 100.0 Å². The molecule has 56 heavy (non-hydrogen) atoms. The number of carbonyl (C=O) groups is 2. The number of fused-ring (bicyclic) bond motifs is 3. The Labute approximate surface area is 325 Å². The van der Waals surface area contributed by atoms with Crippen molar-refractivity contribution in [3.8, 4) is 11.3 Å². The smallest absolute Gasteiger partial charge is 0.293 e. The predicted molar refractivity (Wildman–Crippen MR) is 215 cm³/mol. The third-order valence-electron chi connectivity index (χ3n) is 12.5. The Bertz CT molecular complexity index is 2290. The van der Waals surface area contributed by atoms with Gasteiger partial charge in [-0.15, -0.1) is 0 Å². The van der Waals surface area contributed by atoms with Crippen molar-refractivity contribution in [2.45, 2.75) is 70.7 Å². The monoisotopic (exact) mass is 759 g/mol. The number of nitrogens with zero attached hydrogens (tertiary/aromatic N) is 7. The molecule has 9 rings (SSSR count). The van der Waals surface area contributed by atoms with Gasteiger partial charge >= 0.3 is 0 Å². The molecule has 14 heteroatoms. The fourth-order valence-corrected chi connectivity index (χ4v) is 9.37. The Kier molecular flexibility index (Phi) is 9.29. The third-order valence-corrected chi connectivity index (χ3v) is 12.5. The second kappa shape index (κ2) is 14.3. The number of hydrogen-bond donors (Lipinski definition) is 3. The van der Waals surface area contributed by atoms with E-state index in [1.807, 2.05) is 18.2 Å². The van der Waals surface area contributed by atoms with Crippen molar-refractivity contribution in [3.63, 3.8) is 0 Å². The van der Waals surface area contributed by atoms with Gasteiger partial charge in [-0.2, -0.15) is 0 Å². The van der Waals surface area contributed by atoms with Gasteiger partial charge in [-0.1, -0.05) is 6.58 Å². The molecule has 6 heterocycles. The number of aliphatic hydroxyl groups excluding tert-OH is 1. The Morgan fingerprint density at radius 1 is 1.09 bits per heavy atom. The molecule has 2 amide bonds. The summed E-state index contributed by atoms with van der Waals surface area (Å²) in [6.07, 6.45) is 11.2. The van der Waals surface area contributed by atoms with Gasteiger partial charge in [-0.25, -0.2) is 9.97 Å². The molecule has 1 aromatic carbocycles. The first-order valence-corrected chi connectivity index (χ1v) is 19.8. The van der Waals surface area contributed by atoms with Crippen LogP contribution in [0.25, 0.3) is 11.3 Å². The predicted octanol–water partition coefficient (Wildman–Crippen LogP) is 4.23. The van der Waals surface area contributed by atoms with Crippen LogP contribution in [0.3, 0.4) is 0 Å². The minimum Gasteiger partial charge on any atom is -0.392 e. The lowest BCUT2D eigenvalue weighted by atomic mass is 10.0. The number of aliphatic hydroxyl groups is 1. The molecule has 1 unspecified atom stereocenters. The normalized spacial score (nSPS) is 20.6. The number of rotatable bonds is 9. The van der Waals surface area contributed by atoms with E-state index in [-0.39, 0.29) is 35.8 Å². The quantitative estimate of drug-likeness (QED) is 0.212. The summed E-state index contributed by atoms with van der Waals surface area (Å²) >= 11 is 0. The van der Waals surface area contributed by atoms with Crippen LogP contribution in [0.1, 0.15) is 59.9 Å². The van der Waals surface area contributed by atoms with Crippen LogP contribution >= 0.6 is 0 Å². The number of anilines is 5. The molecule has 3 fully saturated rings. The van der Waals surface area contributed by atoms with Gasteiger partial charge in [0.25, 0.3) is 11.5 Å². The number of amides is 2. The number of aromatic nitrogens is 4. The standard InChI is InChI=1S/C42H49N9O5/c1-4-37(53)45-32-20-28(5-6-34(32)49-14-13-48(23-26(49)2)29-8-17-56-18-9-29)44-38-41(55)47(3)24-33(46-38)30-7-12-43-39(31(30)25-52)51-16-15-50-35(40(51)54)19-27-21-42(10-11-42)22-36(27)50/h4-7,12,19-20,24,26,29,52H,1,8-11,13-18,21-23,25H2,2-3H3,(H,44,46)(H,45,53). The highest BCUT2D eigenvalue weighted by Crippen LogP contribution is 2.56. The minimum absolute atomic E-state index is 0.0641. The number of carbonyl (C=O) groups excluding carboxylic acids is 2. The molecule has 3 N–H and O–H groups in total. The van der Waals surface area contributed by atoms with Gasteiger partial charge in [-0.05, 0) is 92.8 Å². The largest absolute Gasteiger partial charge is 0.392 e. The number of hydrogen-bond acceptors (Lipinski definition) is 10. The molecule has 1 spiro atoms. The van der Waals surface area contributed by atoms with Gasteiger partial charge in [0.2, 0.25) is 5.91 Å². The Morgan fingerprint density at radius 2 is 1.91 bits per heavy atom. The molecular weight excluding hydrogens is 711 g/mol. The van der Waals surface area contributed by atoms with Gasteiger partial charge in [-0.3, -0.25) is 24.2 Å². The van der Waals surface area contributed by atoms with E-state index in [1.165, 1.54) is 34.7 Å². The Balaban J connectivity index is 0.988. The fourth-order valence-electron chi connectivity index (χ4n) is 9.37. The second-order valence-corrected chi connectivity index (χ2v) is 16.1. The molecule has 1 saturated carbocycles. The summed E-state index contributed by atoms with van der Waals surface area (Å²) in [5.41, 5.74) is 6.79. The fraction of sp³-hybridized carbons (Fsp3) is 0.452. The summed E-state index contributed by atoms with van der Waals surface area (Å²) in [5, 5.41) is 17.0. The molecular formula is C42H49N9O5. The first-order valence-electron chi connectivity index (χ1n) is 19.8. The third kappa shape index (κ3) is 6.48. The van der Waals surface area contributed by atoms with E-state index in [0.29, 0.717) is 64.3 Å². The van der Waals surface area contributed by atoms with Crippen LogP contribution in [0.15, 0.2) is 60.2 Å². The average molecular weight is 760 g/mol. The Morgan fingerprint density at radius 3 is 2.66 bits per heavy atom. The zero-order valence-electron chi connectivity index (χ0n) is 32.1. The van der Waals surface area contributed by atoms with Crippen LogP contribution in [0, 0.1) is 5.41 Å². The maximum atomic E-state index is 14.0. The van der Waals surface area contributed by atoms with Crippen LogP contribution in [-0.2, 0) is 42.6 Å². The molecule has 5 aliphatic rings. The van der Waals surface area contributed by atoms with Crippen molar-refractivity contribution in [1.82, 2.24) is 24.0 Å². The van der Waals surface area contributed by atoms with Gasteiger partial charge in [0.1, 0.15) is 11.5 Å². The Hall–Kier alpha value is -5.31. The highest BCUT2D eigenvalue weighted by Gasteiger charge is 2.49. The first-order chi connectivity index (χ1) is 27.1. The molecule has 2 aliphatic carbocycles. The van der Waals surface area contributed by atoms with E-state index in [0.717, 1.165) is 64.2 Å². The molecule has 2 saturated heterocycles. The van der Waals surface area contributed by atoms with E-state index in [4.69, 9.17) is 9.72 Å². The highest BCUT2D eigenvalue weighted by atomic mass is 16.5. The van der Waals surface area contributed by atoms with Crippen molar-refractivity contribution in [1.29, 1.82) is 0 Å². The lowest BCUT2D eigenvalue weighted by molar-refractivity contribution is -0.111. The number of piperazine rings is 1. The molecule has 1 atom stereocenters. The number of benzene rings is 1. The number of pyridine rings is 1. The number of nitrogens with one attached hydrogen (secondary N) is 2. The molecule has 3 aromatic heterocycles.